The van der Waals surface area contributed by atoms with Crippen LogP contribution in [-0.2, 0) is 9.53 Å². The van der Waals surface area contributed by atoms with Gasteiger partial charge in [-0.15, -0.1) is 0 Å². The van der Waals surface area contributed by atoms with Crippen molar-refractivity contribution in [1.29, 1.82) is 5.26 Å². The number of alkyl carbamates (subject to hydrolysis) is 1. The molecule has 1 aliphatic rings. The molecule has 0 radical (unpaired) electrons. The largest absolute Gasteiger partial charge is 0.450 e. The molecule has 0 heterocycles. The van der Waals surface area contributed by atoms with Crippen LogP contribution >= 0.6 is 0 Å². The average molecular weight is 323 g/mol. The molecule has 0 aromatic heterocycles. The van der Waals surface area contributed by atoms with Crippen molar-refractivity contribution in [2.24, 2.45) is 11.8 Å². The maximum Gasteiger partial charge on any atom is 0.407 e. The van der Waals surface area contributed by atoms with Gasteiger partial charge in [0.2, 0.25) is 5.91 Å². The predicted molar refractivity (Wildman–Crippen MR) is 87.5 cm³/mol. The highest BCUT2D eigenvalue weighted by molar-refractivity contribution is 5.85. The van der Waals surface area contributed by atoms with E-state index in [9.17, 15) is 9.59 Å². The molecule has 6 heteroatoms. The lowest BCUT2D eigenvalue weighted by Crippen LogP contribution is -2.47. The number of nitrogens with one attached hydrogen (secondary N) is 2. The SMILES string of the molecule is CC(C)C[C@H](NC(=O)OCCC1CCCCC1)C(=O)NCC#N. The van der Waals surface area contributed by atoms with Crippen molar-refractivity contribution in [3.05, 3.63) is 0 Å². The number of hydrogen-bond acceptors (Lipinski definition) is 4. The normalized spacial score (nSPS) is 16.4. The Morgan fingerprint density at radius 2 is 1.96 bits per heavy atom. The zero-order chi connectivity index (χ0) is 17.1. The monoisotopic (exact) mass is 323 g/mol. The van der Waals surface area contributed by atoms with Gasteiger partial charge in [0.05, 0.1) is 12.7 Å². The van der Waals surface area contributed by atoms with Crippen molar-refractivity contribution in [3.8, 4) is 6.07 Å². The van der Waals surface area contributed by atoms with Crippen LogP contribution in [0, 0.1) is 23.2 Å². The lowest BCUT2D eigenvalue weighted by molar-refractivity contribution is -0.123. The first-order valence-electron chi connectivity index (χ1n) is 8.61. The Morgan fingerprint density at radius 3 is 2.57 bits per heavy atom. The number of nitrogens with zero attached hydrogens (tertiary/aromatic N) is 1. The molecule has 1 saturated carbocycles. The molecule has 130 valence electrons. The molecule has 1 atom stereocenters. The number of carbonyl (C=O) groups excluding carboxylic acids is 2. The molecule has 2 N–H and O–H groups in total. The van der Waals surface area contributed by atoms with Crippen LogP contribution in [0.1, 0.15) is 58.8 Å². The zero-order valence-electron chi connectivity index (χ0n) is 14.3. The molecular weight excluding hydrogens is 294 g/mol. The molecule has 1 aliphatic carbocycles. The third kappa shape index (κ3) is 8.44. The first-order valence-corrected chi connectivity index (χ1v) is 8.61. The van der Waals surface area contributed by atoms with Crippen LogP contribution in [0.15, 0.2) is 0 Å². The summed E-state index contributed by atoms with van der Waals surface area (Å²) in [5.74, 6) is 0.557. The Hall–Kier alpha value is -1.77. The average Bonchev–Trinajstić information content (AvgIpc) is 2.52. The summed E-state index contributed by atoms with van der Waals surface area (Å²) in [6.07, 6.45) is 7.14. The van der Waals surface area contributed by atoms with Crippen LogP contribution < -0.4 is 10.6 Å². The highest BCUT2D eigenvalue weighted by atomic mass is 16.5. The second kappa shape index (κ2) is 10.9. The minimum Gasteiger partial charge on any atom is -0.450 e. The van der Waals surface area contributed by atoms with Crippen molar-refractivity contribution in [3.63, 3.8) is 0 Å². The summed E-state index contributed by atoms with van der Waals surface area (Å²) in [7, 11) is 0. The molecule has 0 aliphatic heterocycles. The van der Waals surface area contributed by atoms with Gasteiger partial charge < -0.3 is 15.4 Å². The minimum atomic E-state index is -0.662. The lowest BCUT2D eigenvalue weighted by atomic mass is 9.87. The second-order valence-electron chi connectivity index (χ2n) is 6.63. The van der Waals surface area contributed by atoms with E-state index in [4.69, 9.17) is 10.00 Å². The molecule has 0 unspecified atom stereocenters. The Balaban J connectivity index is 2.33. The molecule has 0 aromatic rings. The summed E-state index contributed by atoms with van der Waals surface area (Å²) in [6.45, 7) is 4.28. The third-order valence-electron chi connectivity index (χ3n) is 4.14. The number of rotatable bonds is 8. The number of nitriles is 1. The number of carbonyl (C=O) groups is 2. The van der Waals surface area contributed by atoms with Crippen molar-refractivity contribution < 1.29 is 14.3 Å². The molecule has 6 nitrogen and oxygen atoms in total. The smallest absolute Gasteiger partial charge is 0.407 e. The Labute approximate surface area is 139 Å². The maximum absolute atomic E-state index is 12.0. The van der Waals surface area contributed by atoms with E-state index in [0.29, 0.717) is 18.9 Å². The van der Waals surface area contributed by atoms with E-state index in [0.717, 1.165) is 6.42 Å². The predicted octanol–water partition coefficient (Wildman–Crippen LogP) is 2.74. The Kier molecular flexibility index (Phi) is 9.11. The van der Waals surface area contributed by atoms with E-state index in [2.05, 4.69) is 10.6 Å². The van der Waals surface area contributed by atoms with Crippen molar-refractivity contribution >= 4 is 12.0 Å². The summed E-state index contributed by atoms with van der Waals surface area (Å²) < 4.78 is 5.22. The molecule has 2 amide bonds. The van der Waals surface area contributed by atoms with Crippen LogP contribution in [0.4, 0.5) is 4.79 Å². The fraction of sp³-hybridized carbons (Fsp3) is 0.824. The first kappa shape index (κ1) is 19.3. The lowest BCUT2D eigenvalue weighted by Gasteiger charge is -2.22. The minimum absolute atomic E-state index is 0.0637. The van der Waals surface area contributed by atoms with Crippen LogP contribution in [0.5, 0.6) is 0 Å². The summed E-state index contributed by atoms with van der Waals surface area (Å²) in [6, 6.07) is 1.19. The fourth-order valence-corrected chi connectivity index (χ4v) is 2.93. The molecule has 0 spiro atoms. The van der Waals surface area contributed by atoms with Crippen molar-refractivity contribution in [2.45, 2.75) is 64.8 Å². The van der Waals surface area contributed by atoms with Crippen LogP contribution in [0.3, 0.4) is 0 Å². The van der Waals surface area contributed by atoms with Gasteiger partial charge in [0.1, 0.15) is 12.6 Å². The van der Waals surface area contributed by atoms with Gasteiger partial charge in [-0.05, 0) is 24.7 Å². The van der Waals surface area contributed by atoms with Gasteiger partial charge in [-0.1, -0.05) is 46.0 Å². The first-order chi connectivity index (χ1) is 11.0. The van der Waals surface area contributed by atoms with E-state index < -0.39 is 12.1 Å². The molecule has 0 bridgehead atoms. The molecule has 23 heavy (non-hydrogen) atoms. The molecule has 0 aromatic carbocycles. The van der Waals surface area contributed by atoms with Crippen molar-refractivity contribution in [2.75, 3.05) is 13.2 Å². The topological polar surface area (TPSA) is 91.2 Å². The molecule has 1 fully saturated rings. The fourth-order valence-electron chi connectivity index (χ4n) is 2.93. The Morgan fingerprint density at radius 1 is 1.26 bits per heavy atom. The number of ether oxygens (including phenoxy) is 1. The van der Waals surface area contributed by atoms with Crippen LogP contribution in [0.25, 0.3) is 0 Å². The van der Waals surface area contributed by atoms with E-state index in [-0.39, 0.29) is 18.4 Å². The quantitative estimate of drug-likeness (QED) is 0.672. The Bertz CT molecular complexity index is 412. The van der Waals surface area contributed by atoms with Gasteiger partial charge in [0.15, 0.2) is 0 Å². The van der Waals surface area contributed by atoms with Crippen molar-refractivity contribution in [1.82, 2.24) is 10.6 Å². The van der Waals surface area contributed by atoms with Gasteiger partial charge in [-0.3, -0.25) is 4.79 Å². The summed E-state index contributed by atoms with van der Waals surface area (Å²) in [4.78, 5) is 23.8. The third-order valence-corrected chi connectivity index (χ3v) is 4.14. The summed E-state index contributed by atoms with van der Waals surface area (Å²) in [5.41, 5.74) is 0. The van der Waals surface area contributed by atoms with Crippen LogP contribution in [0.2, 0.25) is 0 Å². The van der Waals surface area contributed by atoms with Gasteiger partial charge in [0.25, 0.3) is 0 Å². The van der Waals surface area contributed by atoms with E-state index in [1.165, 1.54) is 32.1 Å². The van der Waals surface area contributed by atoms with Gasteiger partial charge in [-0.2, -0.15) is 5.26 Å². The van der Waals surface area contributed by atoms with Gasteiger partial charge in [-0.25, -0.2) is 4.79 Å². The number of hydrogen-bond donors (Lipinski definition) is 2. The highest BCUT2D eigenvalue weighted by Crippen LogP contribution is 2.26. The summed E-state index contributed by atoms with van der Waals surface area (Å²) in [5, 5.41) is 13.6. The standard InChI is InChI=1S/C17H29N3O3/c1-13(2)12-15(16(21)19-10-9-18)20-17(22)23-11-8-14-6-4-3-5-7-14/h13-15H,3-8,10-12H2,1-2H3,(H,19,21)(H,20,22)/t15-/m0/s1. The highest BCUT2D eigenvalue weighted by Gasteiger charge is 2.22. The second-order valence-corrected chi connectivity index (χ2v) is 6.63. The maximum atomic E-state index is 12.0. The van der Waals surface area contributed by atoms with E-state index in [1.807, 2.05) is 19.9 Å². The van der Waals surface area contributed by atoms with Gasteiger partial charge in [0, 0.05) is 0 Å². The van der Waals surface area contributed by atoms with E-state index in [1.54, 1.807) is 0 Å². The molecular formula is C17H29N3O3. The molecule has 0 saturated heterocycles. The van der Waals surface area contributed by atoms with Gasteiger partial charge >= 0.3 is 6.09 Å². The zero-order valence-corrected chi connectivity index (χ0v) is 14.3. The molecule has 1 rings (SSSR count). The summed E-state index contributed by atoms with van der Waals surface area (Å²) >= 11 is 0. The number of amides is 2. The van der Waals surface area contributed by atoms with E-state index >= 15 is 0 Å². The van der Waals surface area contributed by atoms with Crippen LogP contribution in [-0.4, -0.2) is 31.2 Å².